The topological polar surface area (TPSA) is 71.3 Å². The number of carbonyl (C=O) groups is 1. The molecule has 3 aromatic rings. The van der Waals surface area contributed by atoms with Crippen LogP contribution in [-0.2, 0) is 6.54 Å². The summed E-state index contributed by atoms with van der Waals surface area (Å²) in [5.41, 5.74) is 4.16. The van der Waals surface area contributed by atoms with E-state index < -0.39 is 0 Å². The van der Waals surface area contributed by atoms with Crippen molar-refractivity contribution in [2.24, 2.45) is 0 Å². The van der Waals surface area contributed by atoms with E-state index in [-0.39, 0.29) is 11.6 Å². The van der Waals surface area contributed by atoms with Gasteiger partial charge in [-0.25, -0.2) is 0 Å². The predicted octanol–water partition coefficient (Wildman–Crippen LogP) is 3.85. The number of anilines is 1. The zero-order valence-electron chi connectivity index (χ0n) is 15.7. The molecule has 1 aromatic carbocycles. The molecule has 0 atom stereocenters. The molecule has 1 amide bonds. The van der Waals surface area contributed by atoms with Crippen LogP contribution in [0.25, 0.3) is 11.3 Å². The van der Waals surface area contributed by atoms with Crippen molar-refractivity contribution in [2.75, 3.05) is 29.9 Å². The Morgan fingerprint density at radius 2 is 2.11 bits per heavy atom. The Kier molecular flexibility index (Phi) is 5.73. The third kappa shape index (κ3) is 4.26. The third-order valence-electron chi connectivity index (χ3n) is 4.88. The van der Waals surface area contributed by atoms with E-state index in [9.17, 15) is 4.79 Å². The van der Waals surface area contributed by atoms with Crippen LogP contribution >= 0.6 is 11.8 Å². The Labute approximate surface area is 168 Å². The number of nitrogens with zero attached hydrogens (tertiary/aromatic N) is 3. The van der Waals surface area contributed by atoms with Gasteiger partial charge in [-0.15, -0.1) is 0 Å². The molecule has 7 heteroatoms. The fourth-order valence-electron chi connectivity index (χ4n) is 3.20. The van der Waals surface area contributed by atoms with Crippen LogP contribution in [0.5, 0.6) is 0 Å². The molecular weight excluding hydrogens is 372 g/mol. The van der Waals surface area contributed by atoms with Gasteiger partial charge in [0.2, 0.25) is 0 Å². The van der Waals surface area contributed by atoms with Crippen molar-refractivity contribution in [3.63, 3.8) is 0 Å². The molecule has 0 bridgehead atoms. The molecule has 1 aliphatic heterocycles. The summed E-state index contributed by atoms with van der Waals surface area (Å²) in [7, 11) is 0. The number of benzene rings is 1. The number of hydrogen-bond acceptors (Lipinski definition) is 6. The summed E-state index contributed by atoms with van der Waals surface area (Å²) >= 11 is 2.00. The largest absolute Gasteiger partial charge is 0.355 e. The fraction of sp³-hybridized carbons (Fsp3) is 0.286. The van der Waals surface area contributed by atoms with Crippen LogP contribution in [0.4, 0.5) is 5.69 Å². The first-order valence-electron chi connectivity index (χ1n) is 9.28. The standard InChI is InChI=1S/C21H22N4O2S/c1-15-17(14-25-8-10-28-11-9-25)4-2-6-18(15)23-21(26)19-12-20(27-24-19)16-5-3-7-22-13-16/h2-7,12-13H,8-11,14H2,1H3,(H,23,26). The monoisotopic (exact) mass is 394 g/mol. The second-order valence-corrected chi connectivity index (χ2v) is 7.98. The normalized spacial score (nSPS) is 14.8. The van der Waals surface area contributed by atoms with Crippen molar-refractivity contribution < 1.29 is 9.32 Å². The molecule has 3 heterocycles. The first kappa shape index (κ1) is 18.7. The molecule has 1 N–H and O–H groups in total. The molecule has 28 heavy (non-hydrogen) atoms. The highest BCUT2D eigenvalue weighted by molar-refractivity contribution is 7.99. The van der Waals surface area contributed by atoms with Gasteiger partial charge in [0, 0.05) is 60.9 Å². The molecule has 4 rings (SSSR count). The van der Waals surface area contributed by atoms with Crippen molar-refractivity contribution >= 4 is 23.4 Å². The highest BCUT2D eigenvalue weighted by atomic mass is 32.2. The van der Waals surface area contributed by atoms with E-state index >= 15 is 0 Å². The van der Waals surface area contributed by atoms with Crippen LogP contribution in [0.1, 0.15) is 21.6 Å². The van der Waals surface area contributed by atoms with Crippen LogP contribution in [0.15, 0.2) is 53.3 Å². The number of thioether (sulfide) groups is 1. The Balaban J connectivity index is 1.47. The lowest BCUT2D eigenvalue weighted by Gasteiger charge is -2.27. The molecule has 1 fully saturated rings. The average molecular weight is 395 g/mol. The van der Waals surface area contributed by atoms with E-state index in [4.69, 9.17) is 4.52 Å². The number of hydrogen-bond donors (Lipinski definition) is 1. The summed E-state index contributed by atoms with van der Waals surface area (Å²) in [6.07, 6.45) is 3.36. The van der Waals surface area contributed by atoms with E-state index in [2.05, 4.69) is 26.4 Å². The zero-order chi connectivity index (χ0) is 19.3. The predicted molar refractivity (Wildman–Crippen MR) is 111 cm³/mol. The minimum atomic E-state index is -0.284. The smallest absolute Gasteiger partial charge is 0.277 e. The van der Waals surface area contributed by atoms with Gasteiger partial charge in [0.15, 0.2) is 11.5 Å². The van der Waals surface area contributed by atoms with Gasteiger partial charge in [-0.2, -0.15) is 11.8 Å². The van der Waals surface area contributed by atoms with E-state index in [1.807, 2.05) is 43.0 Å². The molecule has 0 radical (unpaired) electrons. The van der Waals surface area contributed by atoms with E-state index in [0.29, 0.717) is 5.76 Å². The third-order valence-corrected chi connectivity index (χ3v) is 5.82. The van der Waals surface area contributed by atoms with Gasteiger partial charge < -0.3 is 9.84 Å². The van der Waals surface area contributed by atoms with Gasteiger partial charge in [0.25, 0.3) is 5.91 Å². The molecule has 0 spiro atoms. The van der Waals surface area contributed by atoms with Crippen molar-refractivity contribution in [1.82, 2.24) is 15.0 Å². The Morgan fingerprint density at radius 3 is 2.89 bits per heavy atom. The number of carbonyl (C=O) groups excluding carboxylic acids is 1. The maximum Gasteiger partial charge on any atom is 0.277 e. The molecular formula is C21H22N4O2S. The molecule has 6 nitrogen and oxygen atoms in total. The van der Waals surface area contributed by atoms with Crippen LogP contribution in [0, 0.1) is 6.92 Å². The summed E-state index contributed by atoms with van der Waals surface area (Å²) < 4.78 is 5.30. The van der Waals surface area contributed by atoms with Crippen molar-refractivity contribution in [3.05, 3.63) is 65.6 Å². The average Bonchev–Trinajstić information content (AvgIpc) is 3.23. The Bertz CT molecular complexity index is 952. The van der Waals surface area contributed by atoms with Crippen LogP contribution < -0.4 is 5.32 Å². The molecule has 144 valence electrons. The minimum Gasteiger partial charge on any atom is -0.355 e. The second kappa shape index (κ2) is 8.58. The lowest BCUT2D eigenvalue weighted by atomic mass is 10.1. The first-order valence-corrected chi connectivity index (χ1v) is 10.4. The number of aromatic nitrogens is 2. The Hall–Kier alpha value is -2.64. The minimum absolute atomic E-state index is 0.247. The van der Waals surface area contributed by atoms with Crippen LogP contribution in [0.3, 0.4) is 0 Å². The maximum atomic E-state index is 12.6. The first-order chi connectivity index (χ1) is 13.7. The zero-order valence-corrected chi connectivity index (χ0v) is 16.5. The molecule has 1 aliphatic rings. The van der Waals surface area contributed by atoms with E-state index in [1.54, 1.807) is 18.5 Å². The SMILES string of the molecule is Cc1c(CN2CCSCC2)cccc1NC(=O)c1cc(-c2cccnc2)on1. The van der Waals surface area contributed by atoms with Crippen molar-refractivity contribution in [2.45, 2.75) is 13.5 Å². The highest BCUT2D eigenvalue weighted by Crippen LogP contribution is 2.23. The van der Waals surface area contributed by atoms with E-state index in [0.717, 1.165) is 36.4 Å². The summed E-state index contributed by atoms with van der Waals surface area (Å²) in [4.78, 5) is 19.2. The fourth-order valence-corrected chi connectivity index (χ4v) is 4.18. The maximum absolute atomic E-state index is 12.6. The quantitative estimate of drug-likeness (QED) is 0.709. The number of pyridine rings is 1. The number of rotatable bonds is 5. The lowest BCUT2D eigenvalue weighted by molar-refractivity contribution is 0.101. The number of amides is 1. The van der Waals surface area contributed by atoms with Gasteiger partial charge in [-0.05, 0) is 36.2 Å². The molecule has 0 unspecified atom stereocenters. The van der Waals surface area contributed by atoms with Gasteiger partial charge >= 0.3 is 0 Å². The molecule has 2 aromatic heterocycles. The molecule has 0 aliphatic carbocycles. The second-order valence-electron chi connectivity index (χ2n) is 6.75. The van der Waals surface area contributed by atoms with Crippen LogP contribution in [0.2, 0.25) is 0 Å². The van der Waals surface area contributed by atoms with Crippen molar-refractivity contribution in [3.8, 4) is 11.3 Å². The summed E-state index contributed by atoms with van der Waals surface area (Å²) in [6, 6.07) is 11.3. The van der Waals surface area contributed by atoms with Gasteiger partial charge in [0.05, 0.1) is 0 Å². The van der Waals surface area contributed by atoms with Gasteiger partial charge in [-0.3, -0.25) is 14.7 Å². The summed E-state index contributed by atoms with van der Waals surface area (Å²) in [6.45, 7) is 5.17. The van der Waals surface area contributed by atoms with Gasteiger partial charge in [-0.1, -0.05) is 17.3 Å². The Morgan fingerprint density at radius 1 is 1.25 bits per heavy atom. The molecule has 0 saturated carbocycles. The summed E-state index contributed by atoms with van der Waals surface area (Å²) in [5.74, 6) is 2.60. The highest BCUT2D eigenvalue weighted by Gasteiger charge is 2.17. The number of nitrogens with one attached hydrogen (secondary N) is 1. The van der Waals surface area contributed by atoms with E-state index in [1.165, 1.54) is 17.1 Å². The van der Waals surface area contributed by atoms with Crippen LogP contribution in [-0.4, -0.2) is 45.5 Å². The molecule has 1 saturated heterocycles. The van der Waals surface area contributed by atoms with Crippen molar-refractivity contribution in [1.29, 1.82) is 0 Å². The van der Waals surface area contributed by atoms with Gasteiger partial charge in [0.1, 0.15) is 0 Å². The lowest BCUT2D eigenvalue weighted by Crippen LogP contribution is -2.32. The summed E-state index contributed by atoms with van der Waals surface area (Å²) in [5, 5.41) is 6.88.